The summed E-state index contributed by atoms with van der Waals surface area (Å²) in [5.41, 5.74) is 3.17. The zero-order valence-electron chi connectivity index (χ0n) is 10.6. The maximum absolute atomic E-state index is 5.06. The molecule has 0 amide bonds. The van der Waals surface area contributed by atoms with Gasteiger partial charge in [0, 0.05) is 30.4 Å². The lowest BCUT2D eigenvalue weighted by molar-refractivity contribution is 0.564. The third-order valence-electron chi connectivity index (χ3n) is 2.94. The second kappa shape index (κ2) is 4.97. The Morgan fingerprint density at radius 2 is 2.16 bits per heavy atom. The van der Waals surface area contributed by atoms with Gasteiger partial charge in [-0.1, -0.05) is 12.1 Å². The van der Waals surface area contributed by atoms with Gasteiger partial charge in [0.25, 0.3) is 0 Å². The minimum atomic E-state index is 0.714. The Kier molecular flexibility index (Phi) is 3.02. The summed E-state index contributed by atoms with van der Waals surface area (Å²) < 4.78 is 6.96. The molecule has 0 spiro atoms. The van der Waals surface area contributed by atoms with E-state index in [9.17, 15) is 0 Å². The normalized spacial score (nSPS) is 10.6. The van der Waals surface area contributed by atoms with Crippen molar-refractivity contribution in [3.8, 4) is 11.4 Å². The molecular weight excluding hydrogens is 240 g/mol. The van der Waals surface area contributed by atoms with E-state index >= 15 is 0 Å². The molecule has 0 unspecified atom stereocenters. The lowest BCUT2D eigenvalue weighted by atomic mass is 10.1. The van der Waals surface area contributed by atoms with Crippen LogP contribution in [0.3, 0.4) is 0 Å². The maximum Gasteiger partial charge on any atom is 0.165 e. The second-order valence-electron chi connectivity index (χ2n) is 4.30. The molecule has 2 aromatic heterocycles. The number of nitrogens with zero attached hydrogens (tertiary/aromatic N) is 3. The molecule has 0 saturated carbocycles. The van der Waals surface area contributed by atoms with Crippen molar-refractivity contribution < 1.29 is 4.42 Å². The molecule has 3 rings (SSSR count). The molecule has 96 valence electrons. The topological polar surface area (TPSA) is 55.9 Å². The molecule has 0 bridgehead atoms. The molecule has 0 fully saturated rings. The summed E-state index contributed by atoms with van der Waals surface area (Å²) in [6.07, 6.45) is 5.10. The Morgan fingerprint density at radius 3 is 2.89 bits per heavy atom. The van der Waals surface area contributed by atoms with Crippen LogP contribution in [0.25, 0.3) is 11.4 Å². The first kappa shape index (κ1) is 11.5. The van der Waals surface area contributed by atoms with Gasteiger partial charge in [0.15, 0.2) is 5.82 Å². The van der Waals surface area contributed by atoms with Gasteiger partial charge in [-0.2, -0.15) is 0 Å². The third-order valence-corrected chi connectivity index (χ3v) is 2.94. The first-order chi connectivity index (χ1) is 9.34. The molecule has 2 heterocycles. The van der Waals surface area contributed by atoms with E-state index in [1.54, 1.807) is 18.9 Å². The fraction of sp³-hybridized carbons (Fsp3) is 0.143. The standard InChI is InChI=1S/C14H14N4O/c1-18-10-16-17-14(18)12-4-2-3-5-13(12)15-8-11-6-7-19-9-11/h2-7,9-10,15H,8H2,1H3. The second-order valence-corrected chi connectivity index (χ2v) is 4.30. The van der Waals surface area contributed by atoms with E-state index in [4.69, 9.17) is 4.42 Å². The Bertz CT molecular complexity index is 658. The van der Waals surface area contributed by atoms with Crippen LogP contribution in [0.5, 0.6) is 0 Å². The van der Waals surface area contributed by atoms with Crippen LogP contribution in [0.1, 0.15) is 5.56 Å². The Balaban J connectivity index is 1.88. The summed E-state index contributed by atoms with van der Waals surface area (Å²) in [5, 5.41) is 11.5. The molecule has 0 aliphatic carbocycles. The Labute approximate surface area is 110 Å². The molecule has 5 nitrogen and oxygen atoms in total. The van der Waals surface area contributed by atoms with Gasteiger partial charge in [-0.3, -0.25) is 0 Å². The van der Waals surface area contributed by atoms with Crippen molar-refractivity contribution in [2.45, 2.75) is 6.54 Å². The number of aryl methyl sites for hydroxylation is 1. The Morgan fingerprint density at radius 1 is 1.26 bits per heavy atom. The highest BCUT2D eigenvalue weighted by molar-refractivity contribution is 5.73. The third kappa shape index (κ3) is 2.35. The molecule has 0 aliphatic rings. The summed E-state index contributed by atoms with van der Waals surface area (Å²) >= 11 is 0. The zero-order valence-corrected chi connectivity index (χ0v) is 10.6. The number of nitrogens with one attached hydrogen (secondary N) is 1. The van der Waals surface area contributed by atoms with Crippen molar-refractivity contribution in [3.05, 3.63) is 54.7 Å². The number of hydrogen-bond acceptors (Lipinski definition) is 4. The average molecular weight is 254 g/mol. The first-order valence-electron chi connectivity index (χ1n) is 6.03. The van der Waals surface area contributed by atoms with Crippen LogP contribution in [0.2, 0.25) is 0 Å². The van der Waals surface area contributed by atoms with Crippen LogP contribution in [0.15, 0.2) is 53.6 Å². The summed E-state index contributed by atoms with van der Waals surface area (Å²) in [6.45, 7) is 0.714. The number of para-hydroxylation sites is 1. The van der Waals surface area contributed by atoms with Crippen LogP contribution >= 0.6 is 0 Å². The molecule has 3 aromatic rings. The van der Waals surface area contributed by atoms with Gasteiger partial charge in [-0.15, -0.1) is 10.2 Å². The highest BCUT2D eigenvalue weighted by atomic mass is 16.3. The van der Waals surface area contributed by atoms with Crippen molar-refractivity contribution in [2.24, 2.45) is 7.05 Å². The van der Waals surface area contributed by atoms with Crippen LogP contribution < -0.4 is 5.32 Å². The monoisotopic (exact) mass is 254 g/mol. The number of hydrogen-bond donors (Lipinski definition) is 1. The SMILES string of the molecule is Cn1cnnc1-c1ccccc1NCc1ccoc1. The maximum atomic E-state index is 5.06. The zero-order chi connectivity index (χ0) is 13.1. The van der Waals surface area contributed by atoms with E-state index in [-0.39, 0.29) is 0 Å². The van der Waals surface area contributed by atoms with Gasteiger partial charge >= 0.3 is 0 Å². The van der Waals surface area contributed by atoms with Gasteiger partial charge in [0.2, 0.25) is 0 Å². The van der Waals surface area contributed by atoms with Gasteiger partial charge in [0.05, 0.1) is 12.5 Å². The quantitative estimate of drug-likeness (QED) is 0.777. The minimum absolute atomic E-state index is 0.714. The largest absolute Gasteiger partial charge is 0.472 e. The molecule has 19 heavy (non-hydrogen) atoms. The fourth-order valence-electron chi connectivity index (χ4n) is 1.95. The van der Waals surface area contributed by atoms with Gasteiger partial charge in [0.1, 0.15) is 6.33 Å². The van der Waals surface area contributed by atoms with Crippen LogP contribution in [-0.2, 0) is 13.6 Å². The van der Waals surface area contributed by atoms with Crippen molar-refractivity contribution in [1.82, 2.24) is 14.8 Å². The number of anilines is 1. The minimum Gasteiger partial charge on any atom is -0.472 e. The van der Waals surface area contributed by atoms with Crippen LogP contribution in [0.4, 0.5) is 5.69 Å². The van der Waals surface area contributed by atoms with Crippen molar-refractivity contribution in [1.29, 1.82) is 0 Å². The van der Waals surface area contributed by atoms with E-state index in [2.05, 4.69) is 15.5 Å². The molecule has 0 aliphatic heterocycles. The predicted octanol–water partition coefficient (Wildman–Crippen LogP) is 2.69. The predicted molar refractivity (Wildman–Crippen MR) is 72.5 cm³/mol. The average Bonchev–Trinajstić information content (AvgIpc) is 3.08. The van der Waals surface area contributed by atoms with E-state index < -0.39 is 0 Å². The van der Waals surface area contributed by atoms with Crippen molar-refractivity contribution in [2.75, 3.05) is 5.32 Å². The number of furan rings is 1. The summed E-state index contributed by atoms with van der Waals surface area (Å²) in [7, 11) is 1.93. The van der Waals surface area contributed by atoms with Crippen molar-refractivity contribution >= 4 is 5.69 Å². The highest BCUT2D eigenvalue weighted by Crippen LogP contribution is 2.25. The fourth-order valence-corrected chi connectivity index (χ4v) is 1.95. The number of benzene rings is 1. The van der Waals surface area contributed by atoms with Crippen molar-refractivity contribution in [3.63, 3.8) is 0 Å². The Hall–Kier alpha value is -2.56. The molecule has 5 heteroatoms. The molecule has 0 atom stereocenters. The van der Waals surface area contributed by atoms with E-state index in [1.807, 2.05) is 41.9 Å². The smallest absolute Gasteiger partial charge is 0.165 e. The summed E-state index contributed by atoms with van der Waals surface area (Å²) in [6, 6.07) is 9.99. The van der Waals surface area contributed by atoms with E-state index in [0.29, 0.717) is 6.54 Å². The molecule has 1 N–H and O–H groups in total. The number of rotatable bonds is 4. The van der Waals surface area contributed by atoms with Gasteiger partial charge < -0.3 is 14.3 Å². The molecule has 0 radical (unpaired) electrons. The van der Waals surface area contributed by atoms with Gasteiger partial charge in [-0.25, -0.2) is 0 Å². The van der Waals surface area contributed by atoms with Crippen LogP contribution in [0, 0.1) is 0 Å². The first-order valence-corrected chi connectivity index (χ1v) is 6.03. The molecular formula is C14H14N4O. The molecule has 1 aromatic carbocycles. The van der Waals surface area contributed by atoms with E-state index in [1.165, 1.54) is 0 Å². The summed E-state index contributed by atoms with van der Waals surface area (Å²) in [4.78, 5) is 0. The lowest BCUT2D eigenvalue weighted by Crippen LogP contribution is -2.01. The van der Waals surface area contributed by atoms with E-state index in [0.717, 1.165) is 22.6 Å². The van der Waals surface area contributed by atoms with Crippen LogP contribution in [-0.4, -0.2) is 14.8 Å². The number of aromatic nitrogens is 3. The lowest BCUT2D eigenvalue weighted by Gasteiger charge is -2.10. The highest BCUT2D eigenvalue weighted by Gasteiger charge is 2.09. The van der Waals surface area contributed by atoms with Gasteiger partial charge in [-0.05, 0) is 18.2 Å². The summed E-state index contributed by atoms with van der Waals surface area (Å²) in [5.74, 6) is 0.843. The molecule has 0 saturated heterocycles.